The third-order valence-electron chi connectivity index (χ3n) is 4.58. The van der Waals surface area contributed by atoms with E-state index in [1.807, 2.05) is 4.90 Å². The van der Waals surface area contributed by atoms with Crippen molar-refractivity contribution >= 4 is 58.6 Å². The van der Waals surface area contributed by atoms with Gasteiger partial charge < -0.3 is 15.0 Å². The van der Waals surface area contributed by atoms with Gasteiger partial charge in [-0.1, -0.05) is 29.3 Å². The number of rotatable bonds is 7. The van der Waals surface area contributed by atoms with E-state index < -0.39 is 4.92 Å². The van der Waals surface area contributed by atoms with Crippen LogP contribution in [0.15, 0.2) is 47.6 Å². The van der Waals surface area contributed by atoms with Gasteiger partial charge >= 0.3 is 0 Å². The van der Waals surface area contributed by atoms with Crippen molar-refractivity contribution in [3.05, 3.63) is 68.2 Å². The fourth-order valence-corrected chi connectivity index (χ4v) is 3.39. The number of aromatic nitrogens is 3. The monoisotopic (exact) mass is 488 g/mol. The van der Waals surface area contributed by atoms with E-state index in [-0.39, 0.29) is 17.6 Å². The summed E-state index contributed by atoms with van der Waals surface area (Å²) in [6.07, 6.45) is 1.53. The lowest BCUT2D eigenvalue weighted by molar-refractivity contribution is -0.384. The number of ether oxygens (including phenoxy) is 1. The van der Waals surface area contributed by atoms with E-state index in [0.717, 1.165) is 0 Å². The molecule has 0 amide bonds. The van der Waals surface area contributed by atoms with Crippen molar-refractivity contribution < 1.29 is 9.66 Å². The Morgan fingerprint density at radius 2 is 1.79 bits per heavy atom. The molecule has 170 valence electrons. The van der Waals surface area contributed by atoms with Gasteiger partial charge in [-0.3, -0.25) is 10.1 Å². The molecule has 3 aromatic rings. The van der Waals surface area contributed by atoms with Crippen LogP contribution in [-0.4, -0.2) is 52.4 Å². The number of anilines is 4. The maximum absolute atomic E-state index is 10.9. The smallest absolute Gasteiger partial charge is 0.269 e. The Bertz CT molecular complexity index is 1170. The van der Waals surface area contributed by atoms with Gasteiger partial charge in [-0.15, -0.1) is 0 Å². The van der Waals surface area contributed by atoms with Gasteiger partial charge in [0.25, 0.3) is 5.69 Å². The van der Waals surface area contributed by atoms with Gasteiger partial charge in [0.1, 0.15) is 0 Å². The van der Waals surface area contributed by atoms with Crippen LogP contribution in [0, 0.1) is 10.1 Å². The molecule has 2 heterocycles. The Morgan fingerprint density at radius 3 is 2.48 bits per heavy atom. The molecule has 4 rings (SSSR count). The molecule has 13 heteroatoms. The van der Waals surface area contributed by atoms with Gasteiger partial charge in [0, 0.05) is 41.5 Å². The maximum atomic E-state index is 10.9. The Morgan fingerprint density at radius 1 is 1.06 bits per heavy atom. The van der Waals surface area contributed by atoms with Gasteiger partial charge in [0.05, 0.1) is 29.4 Å². The predicted octanol–water partition coefficient (Wildman–Crippen LogP) is 4.11. The molecule has 1 aromatic heterocycles. The summed E-state index contributed by atoms with van der Waals surface area (Å²) in [5.41, 5.74) is 4.03. The van der Waals surface area contributed by atoms with Crippen molar-refractivity contribution in [2.75, 3.05) is 41.9 Å². The minimum absolute atomic E-state index is 0.0113. The number of nitrogens with one attached hydrogen (secondary N) is 2. The zero-order chi connectivity index (χ0) is 23.2. The summed E-state index contributed by atoms with van der Waals surface area (Å²) >= 11 is 12.1. The van der Waals surface area contributed by atoms with E-state index in [0.29, 0.717) is 53.5 Å². The second-order valence-electron chi connectivity index (χ2n) is 6.85. The summed E-state index contributed by atoms with van der Waals surface area (Å²) in [5, 5.41) is 19.1. The van der Waals surface area contributed by atoms with Crippen LogP contribution >= 0.6 is 23.2 Å². The van der Waals surface area contributed by atoms with E-state index in [4.69, 9.17) is 27.9 Å². The fourth-order valence-electron chi connectivity index (χ4n) is 2.94. The van der Waals surface area contributed by atoms with Crippen LogP contribution in [0.4, 0.5) is 29.2 Å². The zero-order valence-corrected chi connectivity index (χ0v) is 18.6. The van der Waals surface area contributed by atoms with Crippen molar-refractivity contribution in [3.63, 3.8) is 0 Å². The van der Waals surface area contributed by atoms with Crippen molar-refractivity contribution in [3.8, 4) is 0 Å². The average Bonchev–Trinajstić information content (AvgIpc) is 2.81. The molecule has 0 spiro atoms. The molecule has 0 radical (unpaired) electrons. The number of morpholine rings is 1. The van der Waals surface area contributed by atoms with E-state index in [2.05, 4.69) is 30.8 Å². The molecule has 0 saturated carbocycles. The highest BCUT2D eigenvalue weighted by atomic mass is 35.5. The number of hydrazone groups is 1. The zero-order valence-electron chi connectivity index (χ0n) is 17.1. The molecule has 33 heavy (non-hydrogen) atoms. The quantitative estimate of drug-likeness (QED) is 0.286. The average molecular weight is 489 g/mol. The number of nitro groups is 1. The van der Waals surface area contributed by atoms with Crippen molar-refractivity contribution in [2.45, 2.75) is 0 Å². The molecule has 0 unspecified atom stereocenters. The van der Waals surface area contributed by atoms with Gasteiger partial charge in [-0.25, -0.2) is 5.43 Å². The van der Waals surface area contributed by atoms with Gasteiger partial charge in [-0.2, -0.15) is 20.1 Å². The Labute approximate surface area is 198 Å². The molecule has 1 aliphatic heterocycles. The first-order chi connectivity index (χ1) is 16.0. The lowest BCUT2D eigenvalue weighted by Gasteiger charge is -2.27. The topological polar surface area (TPSA) is 131 Å². The molecule has 1 aliphatic rings. The normalized spacial score (nSPS) is 13.8. The van der Waals surface area contributed by atoms with Crippen LogP contribution in [0.25, 0.3) is 0 Å². The number of non-ortho nitro benzene ring substituents is 1. The Hall–Kier alpha value is -3.54. The summed E-state index contributed by atoms with van der Waals surface area (Å²) in [6, 6.07) is 11.0. The molecule has 0 bridgehead atoms. The van der Waals surface area contributed by atoms with Gasteiger partial charge in [0.2, 0.25) is 17.8 Å². The third kappa shape index (κ3) is 6.04. The number of nitro benzene ring substituents is 1. The fraction of sp³-hybridized carbons (Fsp3) is 0.200. The predicted molar refractivity (Wildman–Crippen MR) is 127 cm³/mol. The van der Waals surface area contributed by atoms with Crippen molar-refractivity contribution in [1.29, 1.82) is 0 Å². The summed E-state index contributed by atoms with van der Waals surface area (Å²) in [6.45, 7) is 2.38. The Balaban J connectivity index is 1.57. The summed E-state index contributed by atoms with van der Waals surface area (Å²) in [4.78, 5) is 25.6. The highest BCUT2D eigenvalue weighted by molar-refractivity contribution is 6.36. The number of hydrogen-bond acceptors (Lipinski definition) is 10. The first kappa shape index (κ1) is 22.6. The van der Waals surface area contributed by atoms with Crippen molar-refractivity contribution in [2.24, 2.45) is 5.10 Å². The van der Waals surface area contributed by atoms with Crippen LogP contribution < -0.4 is 15.6 Å². The van der Waals surface area contributed by atoms with E-state index in [1.165, 1.54) is 18.3 Å². The van der Waals surface area contributed by atoms with Gasteiger partial charge in [-0.05, 0) is 24.3 Å². The first-order valence-corrected chi connectivity index (χ1v) is 10.6. The number of nitrogens with zero attached hydrogens (tertiary/aromatic N) is 6. The third-order valence-corrected chi connectivity index (χ3v) is 5.14. The van der Waals surface area contributed by atoms with Crippen LogP contribution in [0.5, 0.6) is 0 Å². The maximum Gasteiger partial charge on any atom is 0.269 e. The lowest BCUT2D eigenvalue weighted by atomic mass is 10.2. The Kier molecular flexibility index (Phi) is 7.13. The minimum atomic E-state index is -0.462. The lowest BCUT2D eigenvalue weighted by Crippen LogP contribution is -2.37. The molecule has 1 fully saturated rings. The highest BCUT2D eigenvalue weighted by Gasteiger charge is 2.17. The highest BCUT2D eigenvalue weighted by Crippen LogP contribution is 2.22. The molecule has 2 N–H and O–H groups in total. The number of halogens is 2. The standard InChI is InChI=1S/C20H18Cl2N8O3/c21-14-2-1-13(17(22)11-14)12-23-28-19-25-18(24-15-3-5-16(6-4-15)30(31)32)26-20(27-19)29-7-9-33-10-8-29/h1-6,11-12H,7-10H2,(H2,24,25,26,27,28). The van der Waals surface area contributed by atoms with Gasteiger partial charge in [0.15, 0.2) is 0 Å². The molecule has 2 aromatic carbocycles. The molecule has 1 saturated heterocycles. The van der Waals surface area contributed by atoms with E-state index in [9.17, 15) is 10.1 Å². The van der Waals surface area contributed by atoms with Crippen LogP contribution in [0.3, 0.4) is 0 Å². The number of hydrogen-bond donors (Lipinski definition) is 2. The second-order valence-corrected chi connectivity index (χ2v) is 7.69. The van der Waals surface area contributed by atoms with Crippen LogP contribution in [0.2, 0.25) is 10.0 Å². The van der Waals surface area contributed by atoms with Crippen LogP contribution in [-0.2, 0) is 4.74 Å². The first-order valence-electron chi connectivity index (χ1n) is 9.82. The van der Waals surface area contributed by atoms with Crippen LogP contribution in [0.1, 0.15) is 5.56 Å². The number of benzene rings is 2. The largest absolute Gasteiger partial charge is 0.378 e. The SMILES string of the molecule is O=[N+]([O-])c1ccc(Nc2nc(NN=Cc3ccc(Cl)cc3Cl)nc(N3CCOCC3)n2)cc1. The molecule has 11 nitrogen and oxygen atoms in total. The van der Waals surface area contributed by atoms with E-state index >= 15 is 0 Å². The summed E-state index contributed by atoms with van der Waals surface area (Å²) < 4.78 is 5.40. The molecular weight excluding hydrogens is 471 g/mol. The molecule has 0 atom stereocenters. The van der Waals surface area contributed by atoms with Crippen molar-refractivity contribution in [1.82, 2.24) is 15.0 Å². The van der Waals surface area contributed by atoms with E-state index in [1.54, 1.807) is 30.3 Å². The molecule has 0 aliphatic carbocycles. The second kappa shape index (κ2) is 10.4. The minimum Gasteiger partial charge on any atom is -0.378 e. The molecular formula is C20H18Cl2N8O3. The summed E-state index contributed by atoms with van der Waals surface area (Å²) in [5.74, 6) is 0.903. The summed E-state index contributed by atoms with van der Waals surface area (Å²) in [7, 11) is 0.